The normalized spacial score (nSPS) is 16.4. The molecule has 1 rings (SSSR count). The first-order valence-corrected chi connectivity index (χ1v) is 6.96. The summed E-state index contributed by atoms with van der Waals surface area (Å²) in [7, 11) is 0. The summed E-state index contributed by atoms with van der Waals surface area (Å²) < 4.78 is 33.8. The fraction of sp³-hybridized carbons (Fsp3) is 0.846. The van der Waals surface area contributed by atoms with Gasteiger partial charge in [0.15, 0.2) is 0 Å². The molecular formula is C13H21F2NO5. The fourth-order valence-electron chi connectivity index (χ4n) is 2.07. The number of ether oxygens (including phenoxy) is 2. The van der Waals surface area contributed by atoms with Crippen molar-refractivity contribution in [1.82, 2.24) is 4.90 Å². The van der Waals surface area contributed by atoms with E-state index in [2.05, 4.69) is 4.74 Å². The van der Waals surface area contributed by atoms with Crippen molar-refractivity contribution in [2.75, 3.05) is 32.9 Å². The highest BCUT2D eigenvalue weighted by Gasteiger charge is 2.23. The third-order valence-corrected chi connectivity index (χ3v) is 3.17. The first-order valence-electron chi connectivity index (χ1n) is 6.96. The number of carboxylic acid groups (broad SMARTS) is 1. The van der Waals surface area contributed by atoms with E-state index in [4.69, 9.17) is 9.84 Å². The molecule has 1 heterocycles. The topological polar surface area (TPSA) is 76.1 Å². The molecule has 1 aliphatic rings. The molecule has 0 radical (unpaired) electrons. The molecular weight excluding hydrogens is 288 g/mol. The number of piperidine rings is 1. The van der Waals surface area contributed by atoms with Crippen LogP contribution in [-0.4, -0.2) is 67.3 Å². The Morgan fingerprint density at radius 2 is 1.86 bits per heavy atom. The maximum absolute atomic E-state index is 11.8. The van der Waals surface area contributed by atoms with E-state index in [1.54, 1.807) is 4.90 Å². The van der Waals surface area contributed by atoms with Gasteiger partial charge in [-0.2, -0.15) is 0 Å². The lowest BCUT2D eigenvalue weighted by molar-refractivity contribution is -0.139. The van der Waals surface area contributed by atoms with Gasteiger partial charge < -0.3 is 19.5 Å². The van der Waals surface area contributed by atoms with Crippen molar-refractivity contribution >= 4 is 11.9 Å². The van der Waals surface area contributed by atoms with Gasteiger partial charge in [0.25, 0.3) is 6.43 Å². The maximum atomic E-state index is 11.8. The van der Waals surface area contributed by atoms with Crippen LogP contribution in [0.3, 0.4) is 0 Å². The summed E-state index contributed by atoms with van der Waals surface area (Å²) in [5.74, 6) is -1.01. The Morgan fingerprint density at radius 3 is 2.43 bits per heavy atom. The Labute approximate surface area is 122 Å². The lowest BCUT2D eigenvalue weighted by Crippen LogP contribution is -2.41. The van der Waals surface area contributed by atoms with Crippen molar-refractivity contribution in [3.8, 4) is 0 Å². The molecule has 0 spiro atoms. The number of carbonyl (C=O) groups is 2. The summed E-state index contributed by atoms with van der Waals surface area (Å²) >= 11 is 0. The molecule has 0 bridgehead atoms. The Morgan fingerprint density at radius 1 is 1.19 bits per heavy atom. The predicted molar refractivity (Wildman–Crippen MR) is 69.2 cm³/mol. The molecule has 0 unspecified atom stereocenters. The van der Waals surface area contributed by atoms with Crippen molar-refractivity contribution in [2.24, 2.45) is 0 Å². The SMILES string of the molecule is O=C(O)CCOC1CCN(C(=O)CCOCC(F)F)CC1. The van der Waals surface area contributed by atoms with Gasteiger partial charge in [0.2, 0.25) is 5.91 Å². The summed E-state index contributed by atoms with van der Waals surface area (Å²) in [6.45, 7) is 0.594. The molecule has 6 nitrogen and oxygen atoms in total. The predicted octanol–water partition coefficient (Wildman–Crippen LogP) is 1.14. The average Bonchev–Trinajstić information content (AvgIpc) is 2.43. The van der Waals surface area contributed by atoms with E-state index < -0.39 is 19.0 Å². The number of hydrogen-bond donors (Lipinski definition) is 1. The lowest BCUT2D eigenvalue weighted by atomic mass is 10.1. The van der Waals surface area contributed by atoms with Crippen LogP contribution in [0, 0.1) is 0 Å². The molecule has 1 N–H and O–H groups in total. The van der Waals surface area contributed by atoms with Gasteiger partial charge in [-0.15, -0.1) is 0 Å². The fourth-order valence-corrected chi connectivity index (χ4v) is 2.07. The highest BCUT2D eigenvalue weighted by atomic mass is 19.3. The lowest BCUT2D eigenvalue weighted by Gasteiger charge is -2.32. The zero-order chi connectivity index (χ0) is 15.7. The van der Waals surface area contributed by atoms with E-state index in [0.29, 0.717) is 25.9 Å². The molecule has 122 valence electrons. The summed E-state index contributed by atoms with van der Waals surface area (Å²) in [6.07, 6.45) is -1.16. The van der Waals surface area contributed by atoms with E-state index in [1.807, 2.05) is 0 Å². The Balaban J connectivity index is 2.11. The Hall–Kier alpha value is -1.28. The minimum absolute atomic E-state index is 0.00177. The van der Waals surface area contributed by atoms with Crippen molar-refractivity contribution in [2.45, 2.75) is 38.2 Å². The van der Waals surface area contributed by atoms with Crippen molar-refractivity contribution in [1.29, 1.82) is 0 Å². The van der Waals surface area contributed by atoms with Crippen LogP contribution in [0.15, 0.2) is 0 Å². The van der Waals surface area contributed by atoms with Crippen LogP contribution in [-0.2, 0) is 19.1 Å². The molecule has 0 saturated carbocycles. The number of carbonyl (C=O) groups excluding carboxylic acids is 1. The largest absolute Gasteiger partial charge is 0.481 e. The number of nitrogens with zero attached hydrogens (tertiary/aromatic N) is 1. The summed E-state index contributed by atoms with van der Waals surface area (Å²) in [5.41, 5.74) is 0. The van der Waals surface area contributed by atoms with Crippen LogP contribution in [0.1, 0.15) is 25.7 Å². The molecule has 0 aromatic heterocycles. The van der Waals surface area contributed by atoms with Crippen LogP contribution in [0.5, 0.6) is 0 Å². The Bertz CT molecular complexity index is 333. The summed E-state index contributed by atoms with van der Waals surface area (Å²) in [5, 5.41) is 8.50. The van der Waals surface area contributed by atoms with Crippen LogP contribution in [0.25, 0.3) is 0 Å². The number of rotatable bonds is 9. The van der Waals surface area contributed by atoms with Gasteiger partial charge in [-0.3, -0.25) is 9.59 Å². The number of halogens is 2. The molecule has 0 atom stereocenters. The molecule has 21 heavy (non-hydrogen) atoms. The number of amides is 1. The van der Waals surface area contributed by atoms with Crippen molar-refractivity contribution in [3.63, 3.8) is 0 Å². The van der Waals surface area contributed by atoms with Crippen molar-refractivity contribution in [3.05, 3.63) is 0 Å². The average molecular weight is 309 g/mol. The third-order valence-electron chi connectivity index (χ3n) is 3.17. The minimum Gasteiger partial charge on any atom is -0.481 e. The van der Waals surface area contributed by atoms with E-state index in [-0.39, 0.29) is 38.1 Å². The van der Waals surface area contributed by atoms with Gasteiger partial charge in [-0.05, 0) is 12.8 Å². The highest BCUT2D eigenvalue weighted by Crippen LogP contribution is 2.15. The second kappa shape index (κ2) is 9.62. The molecule has 8 heteroatoms. The molecule has 1 saturated heterocycles. The van der Waals surface area contributed by atoms with Crippen molar-refractivity contribution < 1.29 is 33.0 Å². The molecule has 0 aliphatic carbocycles. The molecule has 0 aromatic carbocycles. The summed E-state index contributed by atoms with van der Waals surface area (Å²) in [6, 6.07) is 0. The van der Waals surface area contributed by atoms with Crippen LogP contribution < -0.4 is 0 Å². The van der Waals surface area contributed by atoms with Crippen LogP contribution in [0.2, 0.25) is 0 Å². The smallest absolute Gasteiger partial charge is 0.305 e. The van der Waals surface area contributed by atoms with Crippen LogP contribution >= 0.6 is 0 Å². The first-order chi connectivity index (χ1) is 9.99. The monoisotopic (exact) mass is 309 g/mol. The van der Waals surface area contributed by atoms with Gasteiger partial charge in [0.05, 0.1) is 32.2 Å². The number of carboxylic acids is 1. The van der Waals surface area contributed by atoms with Gasteiger partial charge in [0, 0.05) is 13.1 Å². The van der Waals surface area contributed by atoms with E-state index in [9.17, 15) is 18.4 Å². The second-order valence-electron chi connectivity index (χ2n) is 4.81. The van der Waals surface area contributed by atoms with E-state index >= 15 is 0 Å². The number of alkyl halides is 2. The van der Waals surface area contributed by atoms with Gasteiger partial charge >= 0.3 is 5.97 Å². The highest BCUT2D eigenvalue weighted by molar-refractivity contribution is 5.76. The third kappa shape index (κ3) is 7.91. The molecule has 1 aliphatic heterocycles. The van der Waals surface area contributed by atoms with E-state index in [0.717, 1.165) is 0 Å². The van der Waals surface area contributed by atoms with Crippen LogP contribution in [0.4, 0.5) is 8.78 Å². The molecule has 1 amide bonds. The maximum Gasteiger partial charge on any atom is 0.305 e. The number of hydrogen-bond acceptors (Lipinski definition) is 4. The number of likely N-dealkylation sites (tertiary alicyclic amines) is 1. The summed E-state index contributed by atoms with van der Waals surface area (Å²) in [4.78, 5) is 23.8. The molecule has 0 aromatic rings. The van der Waals surface area contributed by atoms with Gasteiger partial charge in [0.1, 0.15) is 6.61 Å². The van der Waals surface area contributed by atoms with Gasteiger partial charge in [-0.25, -0.2) is 8.78 Å². The quantitative estimate of drug-likeness (QED) is 0.646. The number of aliphatic carboxylic acids is 1. The Kier molecular flexibility index (Phi) is 8.14. The van der Waals surface area contributed by atoms with E-state index in [1.165, 1.54) is 0 Å². The standard InChI is InChI=1S/C13H21F2NO5/c14-11(15)9-20-7-3-12(17)16-5-1-10(2-6-16)21-8-4-13(18)19/h10-11H,1-9H2,(H,18,19). The second-order valence-corrected chi connectivity index (χ2v) is 4.81. The molecule has 1 fully saturated rings. The zero-order valence-electron chi connectivity index (χ0n) is 11.8. The zero-order valence-corrected chi connectivity index (χ0v) is 11.8. The minimum atomic E-state index is -2.52. The first kappa shape index (κ1) is 17.8. The van der Waals surface area contributed by atoms with Gasteiger partial charge in [-0.1, -0.05) is 0 Å².